The minimum Gasteiger partial charge on any atom is -0.347 e. The van der Waals surface area contributed by atoms with Crippen LogP contribution in [-0.2, 0) is 4.79 Å². The number of thiazole rings is 1. The minimum absolute atomic E-state index is 0.00312. The summed E-state index contributed by atoms with van der Waals surface area (Å²) >= 11 is 1.42. The molecule has 2 aromatic heterocycles. The lowest BCUT2D eigenvalue weighted by atomic mass is 10.0. The van der Waals surface area contributed by atoms with E-state index < -0.39 is 0 Å². The summed E-state index contributed by atoms with van der Waals surface area (Å²) in [5.74, 6) is 0.543. The fraction of sp³-hybridized carbons (Fsp3) is 0.471. The van der Waals surface area contributed by atoms with E-state index in [1.165, 1.54) is 17.5 Å². The van der Waals surface area contributed by atoms with Crippen molar-refractivity contribution in [3.63, 3.8) is 0 Å². The number of fused-ring (bicyclic) bond motifs is 1. The largest absolute Gasteiger partial charge is 0.347 e. The highest BCUT2D eigenvalue weighted by Crippen LogP contribution is 2.37. The van der Waals surface area contributed by atoms with E-state index in [0.717, 1.165) is 42.1 Å². The fourth-order valence-electron chi connectivity index (χ4n) is 3.03. The number of carbonyl (C=O) groups excluding carboxylic acids is 1. The van der Waals surface area contributed by atoms with E-state index in [-0.39, 0.29) is 17.7 Å². The molecule has 1 saturated heterocycles. The van der Waals surface area contributed by atoms with Gasteiger partial charge in [-0.15, -0.1) is 0 Å². The van der Waals surface area contributed by atoms with Crippen LogP contribution in [0, 0.1) is 34.5 Å². The van der Waals surface area contributed by atoms with Crippen molar-refractivity contribution in [3.8, 4) is 12.1 Å². The van der Waals surface area contributed by atoms with Crippen LogP contribution in [-0.4, -0.2) is 29.0 Å². The number of nitrogens with one attached hydrogen (secondary N) is 1. The Morgan fingerprint density at radius 3 is 2.92 bits per heavy atom. The molecule has 3 heterocycles. The maximum Gasteiger partial charge on any atom is 0.228 e. The van der Waals surface area contributed by atoms with Crippen molar-refractivity contribution < 1.29 is 4.79 Å². The number of anilines is 2. The van der Waals surface area contributed by atoms with Crippen molar-refractivity contribution in [1.29, 1.82) is 10.5 Å². The van der Waals surface area contributed by atoms with Crippen LogP contribution in [0.1, 0.15) is 31.2 Å². The SMILES string of the molecule is N#Cc1cnc(NC(=O)C2CC2)c2sc(N3CCC[C@H](C#N)C3)nc12. The second-order valence-corrected chi connectivity index (χ2v) is 7.46. The number of carbonyl (C=O) groups is 1. The molecule has 4 rings (SSSR count). The molecule has 25 heavy (non-hydrogen) atoms. The molecule has 1 N–H and O–H groups in total. The van der Waals surface area contributed by atoms with Crippen LogP contribution in [0.25, 0.3) is 10.2 Å². The van der Waals surface area contributed by atoms with Gasteiger partial charge >= 0.3 is 0 Å². The molecule has 2 aromatic rings. The Labute approximate surface area is 148 Å². The summed E-state index contributed by atoms with van der Waals surface area (Å²) < 4.78 is 0.724. The van der Waals surface area contributed by atoms with E-state index in [4.69, 9.17) is 0 Å². The van der Waals surface area contributed by atoms with Crippen molar-refractivity contribution in [3.05, 3.63) is 11.8 Å². The molecule has 0 spiro atoms. The summed E-state index contributed by atoms with van der Waals surface area (Å²) in [6.45, 7) is 1.49. The van der Waals surface area contributed by atoms with E-state index in [2.05, 4.69) is 32.3 Å². The van der Waals surface area contributed by atoms with Crippen molar-refractivity contribution in [1.82, 2.24) is 9.97 Å². The highest BCUT2D eigenvalue weighted by Gasteiger charge is 2.31. The molecule has 1 aliphatic heterocycles. The topological polar surface area (TPSA) is 106 Å². The average Bonchev–Trinajstić information content (AvgIpc) is 3.40. The molecule has 1 amide bonds. The Morgan fingerprint density at radius 1 is 1.36 bits per heavy atom. The zero-order valence-corrected chi connectivity index (χ0v) is 14.3. The third kappa shape index (κ3) is 3.01. The van der Waals surface area contributed by atoms with Crippen LogP contribution in [0.5, 0.6) is 0 Å². The van der Waals surface area contributed by atoms with E-state index in [1.54, 1.807) is 0 Å². The first kappa shape index (κ1) is 15.8. The molecule has 0 radical (unpaired) electrons. The zero-order chi connectivity index (χ0) is 17.4. The van der Waals surface area contributed by atoms with Crippen molar-refractivity contribution in [2.45, 2.75) is 25.7 Å². The molecule has 2 aliphatic rings. The van der Waals surface area contributed by atoms with Crippen LogP contribution >= 0.6 is 11.3 Å². The first-order valence-corrected chi connectivity index (χ1v) is 9.16. The molecule has 7 nitrogen and oxygen atoms in total. The summed E-state index contributed by atoms with van der Waals surface area (Å²) in [5, 5.41) is 22.2. The van der Waals surface area contributed by atoms with E-state index in [1.807, 2.05) is 0 Å². The Kier molecular flexibility index (Phi) is 3.98. The third-order valence-corrected chi connectivity index (χ3v) is 5.72. The minimum atomic E-state index is -0.0176. The van der Waals surface area contributed by atoms with Gasteiger partial charge in [0.1, 0.15) is 16.3 Å². The average molecular weight is 352 g/mol. The van der Waals surface area contributed by atoms with E-state index >= 15 is 0 Å². The van der Waals surface area contributed by atoms with E-state index in [9.17, 15) is 15.3 Å². The van der Waals surface area contributed by atoms with Crippen LogP contribution in [0.3, 0.4) is 0 Å². The number of amides is 1. The normalized spacial score (nSPS) is 20.1. The molecule has 0 bridgehead atoms. The van der Waals surface area contributed by atoms with Crippen LogP contribution in [0.15, 0.2) is 6.20 Å². The van der Waals surface area contributed by atoms with Crippen LogP contribution in [0.4, 0.5) is 10.9 Å². The lowest BCUT2D eigenvalue weighted by Gasteiger charge is -2.28. The number of piperidine rings is 1. The van der Waals surface area contributed by atoms with Gasteiger partial charge in [0, 0.05) is 25.2 Å². The predicted molar refractivity (Wildman–Crippen MR) is 94.0 cm³/mol. The zero-order valence-electron chi connectivity index (χ0n) is 13.5. The first-order chi connectivity index (χ1) is 12.2. The molecule has 1 saturated carbocycles. The van der Waals surface area contributed by atoms with Crippen molar-refractivity contribution >= 4 is 38.4 Å². The van der Waals surface area contributed by atoms with Gasteiger partial charge in [0.15, 0.2) is 10.9 Å². The Balaban J connectivity index is 1.71. The Morgan fingerprint density at radius 2 is 2.20 bits per heavy atom. The molecule has 2 fully saturated rings. The summed E-state index contributed by atoms with van der Waals surface area (Å²) in [5.41, 5.74) is 0.971. The maximum absolute atomic E-state index is 12.1. The Bertz CT molecular complexity index is 920. The molecule has 0 aromatic carbocycles. The standard InChI is InChI=1S/C17H16N6OS/c18-6-10-2-1-5-23(9-10)17-21-13-12(7-19)8-20-15(14(13)25-17)22-16(24)11-3-4-11/h8,10-11H,1-5,9H2,(H,20,22,24)/t10-/m1/s1. The monoisotopic (exact) mass is 352 g/mol. The number of hydrogen-bond donors (Lipinski definition) is 1. The molecule has 1 aliphatic carbocycles. The summed E-state index contributed by atoms with van der Waals surface area (Å²) in [7, 11) is 0. The van der Waals surface area contributed by atoms with Crippen LogP contribution in [0.2, 0.25) is 0 Å². The quantitative estimate of drug-likeness (QED) is 0.910. The van der Waals surface area contributed by atoms with Gasteiger partial charge in [-0.3, -0.25) is 4.79 Å². The molecule has 126 valence electrons. The number of nitrogens with zero attached hydrogens (tertiary/aromatic N) is 5. The molecule has 0 unspecified atom stereocenters. The summed E-state index contributed by atoms with van der Waals surface area (Å²) in [4.78, 5) is 23.1. The fourth-order valence-corrected chi connectivity index (χ4v) is 4.09. The smallest absolute Gasteiger partial charge is 0.228 e. The number of nitriles is 2. The third-order valence-electron chi connectivity index (χ3n) is 4.59. The first-order valence-electron chi connectivity index (χ1n) is 8.34. The molecule has 8 heteroatoms. The summed E-state index contributed by atoms with van der Waals surface area (Å²) in [6.07, 6.45) is 5.15. The van der Waals surface area contributed by atoms with Crippen molar-refractivity contribution in [2.24, 2.45) is 11.8 Å². The summed E-state index contributed by atoms with van der Waals surface area (Å²) in [6, 6.07) is 4.45. The highest BCUT2D eigenvalue weighted by atomic mass is 32.1. The van der Waals surface area contributed by atoms with Crippen LogP contribution < -0.4 is 10.2 Å². The lowest BCUT2D eigenvalue weighted by molar-refractivity contribution is -0.117. The van der Waals surface area contributed by atoms with Gasteiger partial charge in [-0.1, -0.05) is 11.3 Å². The second kappa shape index (κ2) is 6.30. The second-order valence-electron chi connectivity index (χ2n) is 6.48. The van der Waals surface area contributed by atoms with Gasteiger partial charge in [-0.05, 0) is 25.7 Å². The van der Waals surface area contributed by atoms with Gasteiger partial charge in [-0.2, -0.15) is 10.5 Å². The Hall–Kier alpha value is -2.71. The van der Waals surface area contributed by atoms with Gasteiger partial charge in [0.25, 0.3) is 0 Å². The predicted octanol–water partition coefficient (Wildman–Crippen LogP) is 2.65. The number of rotatable bonds is 3. The van der Waals surface area contributed by atoms with Crippen molar-refractivity contribution in [2.75, 3.05) is 23.3 Å². The van der Waals surface area contributed by atoms with E-state index in [0.29, 0.717) is 23.4 Å². The molecular weight excluding hydrogens is 336 g/mol. The van der Waals surface area contributed by atoms with Gasteiger partial charge < -0.3 is 10.2 Å². The highest BCUT2D eigenvalue weighted by molar-refractivity contribution is 7.22. The number of pyridine rings is 1. The van der Waals surface area contributed by atoms with Gasteiger partial charge in [-0.25, -0.2) is 9.97 Å². The number of hydrogen-bond acceptors (Lipinski definition) is 7. The molecule has 1 atom stereocenters. The number of aromatic nitrogens is 2. The lowest BCUT2D eigenvalue weighted by Crippen LogP contribution is -2.34. The van der Waals surface area contributed by atoms with Gasteiger partial charge in [0.05, 0.1) is 17.6 Å². The molecular formula is C17H16N6OS. The van der Waals surface area contributed by atoms with Gasteiger partial charge in [0.2, 0.25) is 5.91 Å². The maximum atomic E-state index is 12.1.